The van der Waals surface area contributed by atoms with Crippen molar-refractivity contribution in [2.45, 2.75) is 37.2 Å². The summed E-state index contributed by atoms with van der Waals surface area (Å²) >= 11 is 0. The Kier molecular flexibility index (Phi) is 6.60. The van der Waals surface area contributed by atoms with E-state index in [9.17, 15) is 17.6 Å². The predicted molar refractivity (Wildman–Crippen MR) is 102 cm³/mol. The number of hydrogen-bond donors (Lipinski definition) is 1. The fraction of sp³-hybridized carbons (Fsp3) is 0.500. The van der Waals surface area contributed by atoms with Gasteiger partial charge in [-0.25, -0.2) is 12.8 Å². The summed E-state index contributed by atoms with van der Waals surface area (Å²) in [6.07, 6.45) is 2.82. The number of benzene rings is 1. The van der Waals surface area contributed by atoms with Gasteiger partial charge >= 0.3 is 0 Å². The number of ether oxygens (including phenoxy) is 1. The maximum Gasteiger partial charge on any atom is 0.273 e. The Labute approximate surface area is 168 Å². The number of carbonyl (C=O) groups excluding carboxylic acids is 1. The third kappa shape index (κ3) is 4.80. The number of amides is 1. The Morgan fingerprint density at radius 3 is 2.93 bits per heavy atom. The smallest absolute Gasteiger partial charge is 0.273 e. The predicted octanol–water partition coefficient (Wildman–Crippen LogP) is 0.955. The SMILES string of the molecule is COCCNC(=O)c1cn(C[C@@H]2CCCN2S(=O)(=O)c2ccc(C)c(F)c2)nn1. The monoisotopic (exact) mass is 425 g/mol. The van der Waals surface area contributed by atoms with Crippen LogP contribution in [0.3, 0.4) is 0 Å². The van der Waals surface area contributed by atoms with Crippen molar-refractivity contribution >= 4 is 15.9 Å². The van der Waals surface area contributed by atoms with Crippen LogP contribution in [0.1, 0.15) is 28.9 Å². The van der Waals surface area contributed by atoms with E-state index < -0.39 is 15.8 Å². The molecule has 1 atom stereocenters. The van der Waals surface area contributed by atoms with Gasteiger partial charge in [-0.05, 0) is 37.5 Å². The van der Waals surface area contributed by atoms with Gasteiger partial charge < -0.3 is 10.1 Å². The molecule has 158 valence electrons. The second-order valence-electron chi connectivity index (χ2n) is 6.90. The molecule has 0 bridgehead atoms. The molecule has 2 aromatic rings. The molecule has 1 fully saturated rings. The quantitative estimate of drug-likeness (QED) is 0.632. The maximum atomic E-state index is 13.9. The van der Waals surface area contributed by atoms with Gasteiger partial charge in [-0.1, -0.05) is 11.3 Å². The van der Waals surface area contributed by atoms with Crippen LogP contribution in [-0.4, -0.2) is 66.5 Å². The lowest BCUT2D eigenvalue weighted by molar-refractivity contribution is 0.0932. The minimum Gasteiger partial charge on any atom is -0.383 e. The maximum absolute atomic E-state index is 13.9. The molecule has 0 aliphatic carbocycles. The van der Waals surface area contributed by atoms with Crippen molar-refractivity contribution in [1.29, 1.82) is 0 Å². The fourth-order valence-corrected chi connectivity index (χ4v) is 4.94. The van der Waals surface area contributed by atoms with Crippen molar-refractivity contribution in [3.8, 4) is 0 Å². The topological polar surface area (TPSA) is 106 Å². The number of nitrogens with one attached hydrogen (secondary N) is 1. The summed E-state index contributed by atoms with van der Waals surface area (Å²) in [5.74, 6) is -0.929. The number of aryl methyl sites for hydroxylation is 1. The lowest BCUT2D eigenvalue weighted by atomic mass is 10.2. The van der Waals surface area contributed by atoms with Gasteiger partial charge in [0, 0.05) is 26.2 Å². The van der Waals surface area contributed by atoms with E-state index in [0.717, 1.165) is 6.07 Å². The lowest BCUT2D eigenvalue weighted by Crippen LogP contribution is -2.38. The Morgan fingerprint density at radius 1 is 1.41 bits per heavy atom. The zero-order valence-corrected chi connectivity index (χ0v) is 17.2. The number of rotatable bonds is 8. The van der Waals surface area contributed by atoms with E-state index in [4.69, 9.17) is 4.74 Å². The van der Waals surface area contributed by atoms with Crippen LogP contribution in [0.5, 0.6) is 0 Å². The van der Waals surface area contributed by atoms with Crippen molar-refractivity contribution in [3.63, 3.8) is 0 Å². The van der Waals surface area contributed by atoms with Crippen LogP contribution in [-0.2, 0) is 21.3 Å². The normalized spacial score (nSPS) is 17.6. The molecule has 2 heterocycles. The first kappa shape index (κ1) is 21.3. The van der Waals surface area contributed by atoms with E-state index in [1.807, 2.05) is 0 Å². The highest BCUT2D eigenvalue weighted by atomic mass is 32.2. The summed E-state index contributed by atoms with van der Waals surface area (Å²) in [6.45, 7) is 2.92. The second kappa shape index (κ2) is 8.97. The summed E-state index contributed by atoms with van der Waals surface area (Å²) in [6, 6.07) is 3.58. The van der Waals surface area contributed by atoms with Crippen molar-refractivity contribution in [1.82, 2.24) is 24.6 Å². The standard InChI is InChI=1S/C18H24FN5O4S/c1-13-5-6-15(10-16(13)19)29(26,27)24-8-3-4-14(24)11-23-12-17(21-22-23)18(25)20-7-9-28-2/h5-6,10,12,14H,3-4,7-9,11H2,1-2H3,(H,20,25)/t14-/m0/s1. The van der Waals surface area contributed by atoms with Gasteiger partial charge in [0.15, 0.2) is 5.69 Å². The van der Waals surface area contributed by atoms with Gasteiger partial charge in [0.25, 0.3) is 5.91 Å². The zero-order valence-electron chi connectivity index (χ0n) is 16.3. The van der Waals surface area contributed by atoms with Crippen LogP contribution in [0.2, 0.25) is 0 Å². The number of nitrogens with zero attached hydrogens (tertiary/aromatic N) is 4. The molecule has 9 nitrogen and oxygen atoms in total. The molecule has 1 aliphatic rings. The lowest BCUT2D eigenvalue weighted by Gasteiger charge is -2.24. The number of sulfonamides is 1. The first-order valence-electron chi connectivity index (χ1n) is 9.28. The van der Waals surface area contributed by atoms with E-state index in [2.05, 4.69) is 15.6 Å². The summed E-state index contributed by atoms with van der Waals surface area (Å²) < 4.78 is 47.6. The molecule has 1 aromatic carbocycles. The zero-order chi connectivity index (χ0) is 21.0. The highest BCUT2D eigenvalue weighted by molar-refractivity contribution is 7.89. The number of halogens is 1. The molecule has 11 heteroatoms. The first-order valence-corrected chi connectivity index (χ1v) is 10.7. The van der Waals surface area contributed by atoms with E-state index in [1.54, 1.807) is 6.92 Å². The fourth-order valence-electron chi connectivity index (χ4n) is 3.24. The van der Waals surface area contributed by atoms with Crippen molar-refractivity contribution in [3.05, 3.63) is 41.5 Å². The summed E-state index contributed by atoms with van der Waals surface area (Å²) in [7, 11) is -2.30. The molecule has 0 spiro atoms. The molecule has 29 heavy (non-hydrogen) atoms. The minimum atomic E-state index is -3.83. The molecule has 0 saturated carbocycles. The molecule has 1 saturated heterocycles. The number of carbonyl (C=O) groups is 1. The van der Waals surface area contributed by atoms with Crippen LogP contribution in [0, 0.1) is 12.7 Å². The van der Waals surface area contributed by atoms with Crippen molar-refractivity contribution in [2.75, 3.05) is 26.8 Å². The molecular formula is C18H24FN5O4S. The van der Waals surface area contributed by atoms with Crippen LogP contribution in [0.25, 0.3) is 0 Å². The summed E-state index contributed by atoms with van der Waals surface area (Å²) in [5, 5.41) is 10.4. The van der Waals surface area contributed by atoms with E-state index >= 15 is 0 Å². The van der Waals surface area contributed by atoms with Crippen LogP contribution < -0.4 is 5.32 Å². The Hall–Kier alpha value is -2.37. The van der Waals surface area contributed by atoms with Gasteiger partial charge in [-0.15, -0.1) is 5.10 Å². The molecule has 1 aromatic heterocycles. The number of methoxy groups -OCH3 is 1. The van der Waals surface area contributed by atoms with Crippen LogP contribution >= 0.6 is 0 Å². The van der Waals surface area contributed by atoms with Crippen molar-refractivity contribution in [2.24, 2.45) is 0 Å². The Morgan fingerprint density at radius 2 is 2.21 bits per heavy atom. The molecule has 1 amide bonds. The highest BCUT2D eigenvalue weighted by Gasteiger charge is 2.36. The molecular weight excluding hydrogens is 401 g/mol. The third-order valence-electron chi connectivity index (χ3n) is 4.83. The average molecular weight is 425 g/mol. The molecule has 1 aliphatic heterocycles. The van der Waals surface area contributed by atoms with Crippen molar-refractivity contribution < 1.29 is 22.3 Å². The second-order valence-corrected chi connectivity index (χ2v) is 8.79. The van der Waals surface area contributed by atoms with E-state index in [-0.39, 0.29) is 29.1 Å². The van der Waals surface area contributed by atoms with Gasteiger partial charge in [-0.3, -0.25) is 9.48 Å². The Balaban J connectivity index is 1.71. The van der Waals surface area contributed by atoms with Gasteiger partial charge in [0.05, 0.1) is 24.2 Å². The average Bonchev–Trinajstić information content (AvgIpc) is 3.34. The highest BCUT2D eigenvalue weighted by Crippen LogP contribution is 2.27. The third-order valence-corrected chi connectivity index (χ3v) is 6.78. The van der Waals surface area contributed by atoms with Gasteiger partial charge in [0.2, 0.25) is 10.0 Å². The Bertz CT molecular complexity index is 978. The number of aromatic nitrogens is 3. The minimum absolute atomic E-state index is 0.0655. The van der Waals surface area contributed by atoms with Crippen LogP contribution in [0.4, 0.5) is 4.39 Å². The largest absolute Gasteiger partial charge is 0.383 e. The first-order chi connectivity index (χ1) is 13.8. The van der Waals surface area contributed by atoms with E-state index in [1.165, 1.54) is 34.4 Å². The number of hydrogen-bond acceptors (Lipinski definition) is 6. The summed E-state index contributed by atoms with van der Waals surface area (Å²) in [4.78, 5) is 11.9. The van der Waals surface area contributed by atoms with E-state index in [0.29, 0.717) is 38.1 Å². The molecule has 0 unspecified atom stereocenters. The molecule has 1 N–H and O–H groups in total. The molecule has 3 rings (SSSR count). The van der Waals surface area contributed by atoms with Gasteiger partial charge in [-0.2, -0.15) is 4.31 Å². The van der Waals surface area contributed by atoms with Crippen LogP contribution in [0.15, 0.2) is 29.3 Å². The van der Waals surface area contributed by atoms with Gasteiger partial charge in [0.1, 0.15) is 5.82 Å². The molecule has 0 radical (unpaired) electrons. The summed E-state index contributed by atoms with van der Waals surface area (Å²) in [5.41, 5.74) is 0.537.